The maximum atomic E-state index is 10.6. The second kappa shape index (κ2) is 11.2. The average molecular weight is 244 g/mol. The Bertz CT molecular complexity index is 237. The van der Waals surface area contributed by atoms with Crippen LogP contribution in [0.15, 0.2) is 25.0 Å². The molecule has 0 aliphatic rings. The molecule has 0 amide bonds. The summed E-state index contributed by atoms with van der Waals surface area (Å²) in [6.07, 6.45) is 1.12. The van der Waals surface area contributed by atoms with E-state index < -0.39 is 5.97 Å². The summed E-state index contributed by atoms with van der Waals surface area (Å²) in [5, 5.41) is 0. The number of carbonyl (C=O) groups is 1. The Morgan fingerprint density at radius 3 is 1.94 bits per heavy atom. The Kier molecular flexibility index (Phi) is 10.3. The molecule has 0 aromatic rings. The van der Waals surface area contributed by atoms with Crippen LogP contribution in [0, 0.1) is 0 Å². The topological polar surface area (TPSA) is 54.0 Å². The summed E-state index contributed by atoms with van der Waals surface area (Å²) in [4.78, 5) is 10.6. The summed E-state index contributed by atoms with van der Waals surface area (Å²) < 4.78 is 20.2. The third-order valence-corrected chi connectivity index (χ3v) is 1.59. The van der Waals surface area contributed by atoms with Crippen LogP contribution in [0.2, 0.25) is 0 Å². The number of hydrogen-bond donors (Lipinski definition) is 0. The molecule has 0 aromatic heterocycles. The third-order valence-electron chi connectivity index (χ3n) is 1.59. The van der Waals surface area contributed by atoms with E-state index in [1.165, 1.54) is 0 Å². The Morgan fingerprint density at radius 2 is 1.47 bits per heavy atom. The minimum Gasteiger partial charge on any atom is -0.496 e. The van der Waals surface area contributed by atoms with Gasteiger partial charge in [0.15, 0.2) is 0 Å². The Morgan fingerprint density at radius 1 is 1.00 bits per heavy atom. The maximum absolute atomic E-state index is 10.6. The molecule has 0 spiro atoms. The summed E-state index contributed by atoms with van der Waals surface area (Å²) in [5.41, 5.74) is 0. The van der Waals surface area contributed by atoms with Crippen LogP contribution in [0.25, 0.3) is 0 Å². The first-order valence-corrected chi connectivity index (χ1v) is 5.39. The molecular weight excluding hydrogens is 224 g/mol. The summed E-state index contributed by atoms with van der Waals surface area (Å²) in [6.45, 7) is 11.2. The molecular formula is C12H20O5. The molecule has 0 aliphatic carbocycles. The highest BCUT2D eigenvalue weighted by molar-refractivity contribution is 5.81. The van der Waals surface area contributed by atoms with Gasteiger partial charge in [0, 0.05) is 6.08 Å². The fourth-order valence-corrected chi connectivity index (χ4v) is 0.857. The van der Waals surface area contributed by atoms with Crippen molar-refractivity contribution in [2.24, 2.45) is 0 Å². The molecule has 98 valence electrons. The van der Waals surface area contributed by atoms with E-state index in [9.17, 15) is 4.79 Å². The van der Waals surface area contributed by atoms with Gasteiger partial charge in [-0.25, -0.2) is 4.79 Å². The van der Waals surface area contributed by atoms with Gasteiger partial charge in [-0.1, -0.05) is 13.2 Å². The van der Waals surface area contributed by atoms with Gasteiger partial charge >= 0.3 is 5.97 Å². The van der Waals surface area contributed by atoms with Crippen molar-refractivity contribution in [2.75, 3.05) is 39.6 Å². The molecule has 0 aromatic carbocycles. The van der Waals surface area contributed by atoms with Crippen molar-refractivity contribution in [2.45, 2.75) is 6.92 Å². The van der Waals surface area contributed by atoms with Gasteiger partial charge in [0.2, 0.25) is 0 Å². The summed E-state index contributed by atoms with van der Waals surface area (Å²) in [5.74, 6) is 0.232. The number of rotatable bonds is 11. The third kappa shape index (κ3) is 12.6. The van der Waals surface area contributed by atoms with Crippen molar-refractivity contribution in [3.8, 4) is 0 Å². The zero-order valence-electron chi connectivity index (χ0n) is 10.3. The molecule has 0 saturated heterocycles. The van der Waals surface area contributed by atoms with Gasteiger partial charge in [-0.2, -0.15) is 0 Å². The van der Waals surface area contributed by atoms with Crippen LogP contribution in [0.4, 0.5) is 0 Å². The second-order valence-corrected chi connectivity index (χ2v) is 3.15. The van der Waals surface area contributed by atoms with Gasteiger partial charge in [0.1, 0.15) is 13.2 Å². The SMILES string of the molecule is C=CC(=O)OCCOCCOCCOC(=C)C. The normalized spacial score (nSPS) is 9.71. The van der Waals surface area contributed by atoms with Gasteiger partial charge < -0.3 is 18.9 Å². The summed E-state index contributed by atoms with van der Waals surface area (Å²) >= 11 is 0. The quantitative estimate of drug-likeness (QED) is 0.237. The predicted octanol–water partition coefficient (Wildman–Crippen LogP) is 1.30. The Balaban J connectivity index is 3.06. The van der Waals surface area contributed by atoms with E-state index in [1.54, 1.807) is 6.92 Å². The first-order chi connectivity index (χ1) is 8.16. The lowest BCUT2D eigenvalue weighted by Gasteiger charge is -2.07. The molecule has 0 aliphatic heterocycles. The minimum absolute atomic E-state index is 0.226. The molecule has 0 atom stereocenters. The lowest BCUT2D eigenvalue weighted by Crippen LogP contribution is -2.12. The average Bonchev–Trinajstić information content (AvgIpc) is 2.30. The fraction of sp³-hybridized carbons (Fsp3) is 0.583. The minimum atomic E-state index is -0.443. The standard InChI is InChI=1S/C12H20O5/c1-4-12(13)17-10-8-15-6-5-14-7-9-16-11(2)3/h4H,1-2,5-10H2,3H3. The monoisotopic (exact) mass is 244 g/mol. The largest absolute Gasteiger partial charge is 0.496 e. The molecule has 0 fully saturated rings. The lowest BCUT2D eigenvalue weighted by molar-refractivity contribution is -0.139. The van der Waals surface area contributed by atoms with Crippen LogP contribution in [0.3, 0.4) is 0 Å². The van der Waals surface area contributed by atoms with Crippen molar-refractivity contribution in [1.29, 1.82) is 0 Å². The molecule has 5 heteroatoms. The fourth-order valence-electron chi connectivity index (χ4n) is 0.857. The van der Waals surface area contributed by atoms with E-state index in [2.05, 4.69) is 13.2 Å². The van der Waals surface area contributed by atoms with Gasteiger partial charge in [-0.15, -0.1) is 0 Å². The second-order valence-electron chi connectivity index (χ2n) is 3.15. The van der Waals surface area contributed by atoms with E-state index in [0.29, 0.717) is 38.8 Å². The predicted molar refractivity (Wildman–Crippen MR) is 63.6 cm³/mol. The smallest absolute Gasteiger partial charge is 0.330 e. The molecule has 0 heterocycles. The molecule has 0 unspecified atom stereocenters. The van der Waals surface area contributed by atoms with E-state index >= 15 is 0 Å². The van der Waals surface area contributed by atoms with E-state index in [4.69, 9.17) is 18.9 Å². The number of hydrogen-bond acceptors (Lipinski definition) is 5. The Hall–Kier alpha value is -1.33. The molecule has 0 radical (unpaired) electrons. The van der Waals surface area contributed by atoms with E-state index in [1.807, 2.05) is 0 Å². The molecule has 5 nitrogen and oxygen atoms in total. The lowest BCUT2D eigenvalue weighted by atomic mass is 10.6. The van der Waals surface area contributed by atoms with Crippen LogP contribution in [-0.2, 0) is 23.7 Å². The highest BCUT2D eigenvalue weighted by Crippen LogP contribution is 1.89. The molecule has 0 bridgehead atoms. The summed E-state index contributed by atoms with van der Waals surface area (Å²) in [6, 6.07) is 0. The highest BCUT2D eigenvalue weighted by Gasteiger charge is 1.95. The molecule has 0 rings (SSSR count). The van der Waals surface area contributed by atoms with Crippen molar-refractivity contribution in [3.63, 3.8) is 0 Å². The van der Waals surface area contributed by atoms with Gasteiger partial charge in [-0.05, 0) is 6.92 Å². The number of carbonyl (C=O) groups excluding carboxylic acids is 1. The van der Waals surface area contributed by atoms with Gasteiger partial charge in [0.05, 0.1) is 32.2 Å². The van der Waals surface area contributed by atoms with Crippen LogP contribution < -0.4 is 0 Å². The zero-order chi connectivity index (χ0) is 12.9. The highest BCUT2D eigenvalue weighted by atomic mass is 16.6. The van der Waals surface area contributed by atoms with E-state index in [0.717, 1.165) is 6.08 Å². The van der Waals surface area contributed by atoms with E-state index in [-0.39, 0.29) is 6.61 Å². The van der Waals surface area contributed by atoms with Gasteiger partial charge in [-0.3, -0.25) is 0 Å². The van der Waals surface area contributed by atoms with Crippen LogP contribution in [-0.4, -0.2) is 45.6 Å². The zero-order valence-corrected chi connectivity index (χ0v) is 10.3. The van der Waals surface area contributed by atoms with Crippen molar-refractivity contribution >= 4 is 5.97 Å². The van der Waals surface area contributed by atoms with Crippen LogP contribution in [0.5, 0.6) is 0 Å². The van der Waals surface area contributed by atoms with Crippen LogP contribution in [0.1, 0.15) is 6.92 Å². The van der Waals surface area contributed by atoms with Crippen molar-refractivity contribution in [3.05, 3.63) is 25.0 Å². The first-order valence-electron chi connectivity index (χ1n) is 5.39. The number of esters is 1. The van der Waals surface area contributed by atoms with Crippen LogP contribution >= 0.6 is 0 Å². The van der Waals surface area contributed by atoms with Crippen molar-refractivity contribution in [1.82, 2.24) is 0 Å². The first kappa shape index (κ1) is 15.7. The number of ether oxygens (including phenoxy) is 4. The maximum Gasteiger partial charge on any atom is 0.330 e. The molecule has 17 heavy (non-hydrogen) atoms. The summed E-state index contributed by atoms with van der Waals surface area (Å²) in [7, 11) is 0. The number of allylic oxidation sites excluding steroid dienone is 1. The van der Waals surface area contributed by atoms with Crippen molar-refractivity contribution < 1.29 is 23.7 Å². The molecule has 0 N–H and O–H groups in total. The Labute approximate surface area is 102 Å². The van der Waals surface area contributed by atoms with Gasteiger partial charge in [0.25, 0.3) is 0 Å². The molecule has 0 saturated carbocycles.